The minimum absolute atomic E-state index is 0. The van der Waals surface area contributed by atoms with E-state index in [-0.39, 0.29) is 6.47 Å². The monoisotopic (exact) mass is 460 g/mol. The topological polar surface area (TPSA) is 87.7 Å². The summed E-state index contributed by atoms with van der Waals surface area (Å²) in [5.41, 5.74) is 0. The third-order valence-corrected chi connectivity index (χ3v) is 1.67. The number of hydrogen-bond donors (Lipinski definition) is 3. The molecule has 15 heavy (non-hydrogen) atoms. The summed E-state index contributed by atoms with van der Waals surface area (Å²) in [6.45, 7) is 2.87. The molecule has 0 spiro atoms. The van der Waals surface area contributed by atoms with Crippen molar-refractivity contribution in [2.45, 2.75) is 12.5 Å². The molecule has 0 radical (unpaired) electrons. The van der Waals surface area contributed by atoms with E-state index < -0.39 is 0 Å². The fourth-order valence-electron chi connectivity index (χ4n) is 1.10. The Morgan fingerprint density at radius 2 is 2.33 bits per heavy atom. The van der Waals surface area contributed by atoms with E-state index in [9.17, 15) is 4.79 Å². The van der Waals surface area contributed by atoms with Crippen LogP contribution in [0.5, 0.6) is 0 Å². The van der Waals surface area contributed by atoms with E-state index in [1.807, 2.05) is 0 Å². The minimum Gasteiger partial charge on any atom is -0.528 e. The van der Waals surface area contributed by atoms with Crippen LogP contribution < -0.4 is 10.6 Å². The van der Waals surface area contributed by atoms with Crippen LogP contribution in [-0.4, -0.2) is 50.3 Å². The zero-order chi connectivity index (χ0) is 10.6. The number of nitrogens with one attached hydrogen (secondary N) is 2. The van der Waals surface area contributed by atoms with Gasteiger partial charge in [0.2, 0.25) is 0 Å². The summed E-state index contributed by atoms with van der Waals surface area (Å²) in [6, 6.07) is 0. The van der Waals surface area contributed by atoms with Crippen LogP contribution in [0.1, 0.15) is 6.42 Å². The number of ether oxygens (including phenoxy) is 1. The molecule has 0 aromatic rings. The van der Waals surface area contributed by atoms with Crippen LogP contribution in [0, 0.1) is 0 Å². The van der Waals surface area contributed by atoms with E-state index in [1.165, 1.54) is 0 Å². The SMILES string of the molecule is O=CO.O=[C-]NCCOC1CCNC1.[Fm]. The molecule has 1 aliphatic rings. The molecule has 0 aromatic carbocycles. The summed E-state index contributed by atoms with van der Waals surface area (Å²) in [7, 11) is 0. The van der Waals surface area contributed by atoms with Gasteiger partial charge in [-0.05, 0) is 13.0 Å². The maximum atomic E-state index is 9.70. The molecule has 1 unspecified atom stereocenters. The second kappa shape index (κ2) is 11.9. The van der Waals surface area contributed by atoms with Crippen molar-refractivity contribution in [3.63, 3.8) is 0 Å². The standard InChI is InChI=1S/C7H13N2O2.CH2O2.Fm/c10-6-9-3-4-11-7-1-2-8-5-7;2-1-3;/h7-8H,1-5H2,(H,9,10);1H,(H,2,3);/q-1;;. The normalized spacial score (nSPS) is 18.0. The quantitative estimate of drug-likeness (QED) is 0.206. The fraction of sp³-hybridized carbons (Fsp3) is 0.750. The van der Waals surface area contributed by atoms with Gasteiger partial charge in [-0.3, -0.25) is 4.79 Å². The van der Waals surface area contributed by atoms with Crippen molar-refractivity contribution in [3.8, 4) is 0 Å². The summed E-state index contributed by atoms with van der Waals surface area (Å²) in [6.07, 6.45) is 3.01. The van der Waals surface area contributed by atoms with Gasteiger partial charge in [0.15, 0.2) is 0 Å². The molecule has 1 heterocycles. The van der Waals surface area contributed by atoms with E-state index in [4.69, 9.17) is 14.6 Å². The molecule has 1 saturated heterocycles. The summed E-state index contributed by atoms with van der Waals surface area (Å²) < 4.78 is 5.40. The Morgan fingerprint density at radius 1 is 1.67 bits per heavy atom. The molecule has 0 aliphatic carbocycles. The van der Waals surface area contributed by atoms with E-state index >= 15 is 0 Å². The van der Waals surface area contributed by atoms with Gasteiger partial charge in [-0.15, -0.1) is 0 Å². The first-order valence-corrected chi connectivity index (χ1v) is 4.35. The number of hydrogen-bond acceptors (Lipinski definition) is 4. The van der Waals surface area contributed by atoms with E-state index in [0.717, 1.165) is 19.5 Å². The summed E-state index contributed by atoms with van der Waals surface area (Å²) in [5.74, 6) is 0. The van der Waals surface area contributed by atoms with Gasteiger partial charge < -0.3 is 25.3 Å². The van der Waals surface area contributed by atoms with Crippen molar-refractivity contribution in [2.75, 3.05) is 26.2 Å². The first-order valence-electron chi connectivity index (χ1n) is 4.35. The molecular formula is C8H15FmN2O4-. The molecule has 1 amide bonds. The van der Waals surface area contributed by atoms with Crippen LogP contribution in [0.15, 0.2) is 0 Å². The number of carbonyl (C=O) groups is 1. The summed E-state index contributed by atoms with van der Waals surface area (Å²) in [4.78, 5) is 18.1. The van der Waals surface area contributed by atoms with Crippen molar-refractivity contribution < 1.29 is 19.4 Å². The average molecular weight is 460 g/mol. The molecule has 1 aliphatic heterocycles. The van der Waals surface area contributed by atoms with Crippen LogP contribution in [0.2, 0.25) is 0 Å². The second-order valence-corrected chi connectivity index (χ2v) is 2.62. The van der Waals surface area contributed by atoms with Crippen molar-refractivity contribution in [1.82, 2.24) is 10.6 Å². The Hall–Kier alpha value is -2.14. The molecule has 1 fully saturated rings. The van der Waals surface area contributed by atoms with Crippen molar-refractivity contribution >= 4 is 12.9 Å². The fourth-order valence-corrected chi connectivity index (χ4v) is 1.10. The molecular weight excluding hydrogens is 445 g/mol. The van der Waals surface area contributed by atoms with Gasteiger partial charge in [-0.25, -0.2) is 0 Å². The molecule has 6 nitrogen and oxygen atoms in total. The van der Waals surface area contributed by atoms with Crippen LogP contribution in [0.4, 0.5) is 0 Å². The number of amides is 1. The van der Waals surface area contributed by atoms with Crippen molar-refractivity contribution in [1.29, 1.82) is 0 Å². The molecule has 0 aromatic heterocycles. The van der Waals surface area contributed by atoms with Crippen LogP contribution in [0.3, 0.4) is 0 Å². The predicted octanol–water partition coefficient (Wildman–Crippen LogP) is -1.28. The number of carboxylic acid groups (broad SMARTS) is 1. The number of carbonyl (C=O) groups excluding carboxylic acids is 1. The van der Waals surface area contributed by atoms with Gasteiger partial charge in [0.25, 0.3) is 6.47 Å². The summed E-state index contributed by atoms with van der Waals surface area (Å²) >= 11 is 0. The number of rotatable bonds is 5. The molecule has 1 rings (SSSR count). The van der Waals surface area contributed by atoms with Crippen LogP contribution in [-0.2, 0) is 14.3 Å². The second-order valence-electron chi connectivity index (χ2n) is 2.62. The molecule has 0 saturated carbocycles. The average Bonchev–Trinajstić information content (AvgIpc) is 2.66. The maximum absolute atomic E-state index is 9.70. The molecule has 3 N–H and O–H groups in total. The summed E-state index contributed by atoms with van der Waals surface area (Å²) in [5, 5.41) is 12.5. The third kappa shape index (κ3) is 9.78. The largest absolute Gasteiger partial charge is 0.528 e. The van der Waals surface area contributed by atoms with Gasteiger partial charge in [0.1, 0.15) is 0 Å². The van der Waals surface area contributed by atoms with Gasteiger partial charge in [0, 0.05) is 13.1 Å². The van der Waals surface area contributed by atoms with E-state index in [0.29, 0.717) is 19.3 Å². The minimum atomic E-state index is -0.250. The van der Waals surface area contributed by atoms with Gasteiger partial charge in [-0.1, -0.05) is 0 Å². The van der Waals surface area contributed by atoms with Crippen LogP contribution >= 0.6 is 0 Å². The molecule has 0 bridgehead atoms. The first kappa shape index (κ1) is 15.3. The zero-order valence-corrected chi connectivity index (χ0v) is 10.6. The van der Waals surface area contributed by atoms with Gasteiger partial charge in [0.05, 0.1) is 12.7 Å². The Balaban J connectivity index is 0. The molecule has 1 atom stereocenters. The molecule has 7 heteroatoms. The van der Waals surface area contributed by atoms with Crippen LogP contribution in [0.25, 0.3) is 0 Å². The first-order chi connectivity index (χ1) is 6.85. The Kier molecular flexibility index (Phi) is 12.1. The predicted molar refractivity (Wildman–Crippen MR) is 49.6 cm³/mol. The zero-order valence-electron chi connectivity index (χ0n) is 8.15. The third-order valence-electron chi connectivity index (χ3n) is 1.67. The van der Waals surface area contributed by atoms with E-state index in [2.05, 4.69) is 10.6 Å². The van der Waals surface area contributed by atoms with Gasteiger partial charge in [-0.2, -0.15) is 6.41 Å². The Morgan fingerprint density at radius 3 is 2.80 bits per heavy atom. The Labute approximate surface area is 82.6 Å². The van der Waals surface area contributed by atoms with Gasteiger partial charge >= 0.3 is 0 Å². The van der Waals surface area contributed by atoms with Crippen molar-refractivity contribution in [2.24, 2.45) is 0 Å². The van der Waals surface area contributed by atoms with Crippen molar-refractivity contribution in [3.05, 3.63) is 0 Å². The Bertz CT molecular complexity index is 154. The maximum Gasteiger partial charge on any atom is 0.290 e. The molecule has 94 valence electrons. The smallest absolute Gasteiger partial charge is 0.290 e. The van der Waals surface area contributed by atoms with E-state index in [1.54, 1.807) is 6.41 Å².